The van der Waals surface area contributed by atoms with Gasteiger partial charge in [0, 0.05) is 33.0 Å². The van der Waals surface area contributed by atoms with Gasteiger partial charge < -0.3 is 14.6 Å². The number of pyridine rings is 1. The summed E-state index contributed by atoms with van der Waals surface area (Å²) < 4.78 is 8.73. The van der Waals surface area contributed by atoms with Crippen LogP contribution in [-0.2, 0) is 18.3 Å². The zero-order valence-corrected chi connectivity index (χ0v) is 16.4. The van der Waals surface area contributed by atoms with Crippen molar-refractivity contribution in [1.29, 1.82) is 0 Å². The minimum absolute atomic E-state index is 0.180. The Hall–Kier alpha value is -2.81. The van der Waals surface area contributed by atoms with Crippen molar-refractivity contribution in [3.8, 4) is 0 Å². The molecule has 0 aliphatic carbocycles. The van der Waals surface area contributed by atoms with Gasteiger partial charge in [-0.25, -0.2) is 4.98 Å². The first-order valence-electron chi connectivity index (χ1n) is 8.90. The van der Waals surface area contributed by atoms with Crippen molar-refractivity contribution in [3.05, 3.63) is 35.2 Å². The maximum atomic E-state index is 13.0. The maximum Gasteiger partial charge on any atom is 0.252 e. The minimum Gasteiger partial charge on any atom is -0.385 e. The highest BCUT2D eigenvalue weighted by molar-refractivity contribution is 6.06. The minimum atomic E-state index is -0.289. The number of ether oxygens (including phenoxy) is 1. The topological polar surface area (TPSA) is 99.8 Å². The number of carbonyl (C=O) groups excluding carboxylic acids is 1. The number of aromatic nitrogens is 6. The van der Waals surface area contributed by atoms with Crippen molar-refractivity contribution in [2.45, 2.75) is 39.8 Å². The van der Waals surface area contributed by atoms with E-state index in [1.54, 1.807) is 24.2 Å². The van der Waals surface area contributed by atoms with Crippen molar-refractivity contribution in [2.75, 3.05) is 13.7 Å². The van der Waals surface area contributed by atoms with E-state index in [9.17, 15) is 4.79 Å². The summed E-state index contributed by atoms with van der Waals surface area (Å²) in [6.45, 7) is 7.04. The van der Waals surface area contributed by atoms with Gasteiger partial charge in [-0.15, -0.1) is 10.2 Å². The van der Waals surface area contributed by atoms with Crippen LogP contribution in [0.4, 0.5) is 0 Å². The van der Waals surface area contributed by atoms with Crippen molar-refractivity contribution < 1.29 is 9.53 Å². The van der Waals surface area contributed by atoms with Crippen LogP contribution in [0.5, 0.6) is 0 Å². The Morgan fingerprint density at radius 1 is 1.37 bits per heavy atom. The van der Waals surface area contributed by atoms with Gasteiger partial charge in [0.25, 0.3) is 5.91 Å². The molecule has 0 saturated carbocycles. The molecule has 0 radical (unpaired) electrons. The summed E-state index contributed by atoms with van der Waals surface area (Å²) >= 11 is 0. The van der Waals surface area contributed by atoms with Crippen molar-refractivity contribution in [3.63, 3.8) is 0 Å². The summed E-state index contributed by atoms with van der Waals surface area (Å²) in [4.78, 5) is 17.5. The molecular formula is C18H25N7O2. The van der Waals surface area contributed by atoms with Crippen LogP contribution in [0.3, 0.4) is 0 Å². The Labute approximate surface area is 157 Å². The Bertz CT molecular complexity index is 960. The fourth-order valence-corrected chi connectivity index (χ4v) is 3.24. The van der Waals surface area contributed by atoms with Crippen LogP contribution in [0.25, 0.3) is 11.0 Å². The highest BCUT2D eigenvalue weighted by Gasteiger charge is 2.21. The van der Waals surface area contributed by atoms with E-state index >= 15 is 0 Å². The molecule has 9 nitrogen and oxygen atoms in total. The SMILES string of the molecule is COCCCn1cnnc1[C@H](C)NC(=O)c1cc(C)nc2c1c(C)nn2C. The fourth-order valence-electron chi connectivity index (χ4n) is 3.24. The van der Waals surface area contributed by atoms with E-state index in [0.717, 1.165) is 29.7 Å². The van der Waals surface area contributed by atoms with Gasteiger partial charge in [0.1, 0.15) is 6.33 Å². The first kappa shape index (κ1) is 19.0. The first-order chi connectivity index (χ1) is 12.9. The summed E-state index contributed by atoms with van der Waals surface area (Å²) in [5.41, 5.74) is 2.82. The number of methoxy groups -OCH3 is 1. The molecule has 27 heavy (non-hydrogen) atoms. The van der Waals surface area contributed by atoms with Gasteiger partial charge in [-0.05, 0) is 33.3 Å². The second-order valence-electron chi connectivity index (χ2n) is 6.64. The van der Waals surface area contributed by atoms with E-state index in [-0.39, 0.29) is 11.9 Å². The lowest BCUT2D eigenvalue weighted by atomic mass is 10.1. The van der Waals surface area contributed by atoms with Gasteiger partial charge >= 0.3 is 0 Å². The molecular weight excluding hydrogens is 346 g/mol. The molecule has 0 aliphatic heterocycles. The van der Waals surface area contributed by atoms with Crippen LogP contribution in [-0.4, -0.2) is 49.2 Å². The van der Waals surface area contributed by atoms with E-state index in [1.165, 1.54) is 0 Å². The van der Waals surface area contributed by atoms with Crippen LogP contribution in [0.2, 0.25) is 0 Å². The van der Waals surface area contributed by atoms with Gasteiger partial charge in [-0.2, -0.15) is 5.10 Å². The highest BCUT2D eigenvalue weighted by Crippen LogP contribution is 2.22. The van der Waals surface area contributed by atoms with Gasteiger partial charge in [0.2, 0.25) is 0 Å². The summed E-state index contributed by atoms with van der Waals surface area (Å²) in [5.74, 6) is 0.532. The maximum absolute atomic E-state index is 13.0. The molecule has 1 amide bonds. The molecule has 0 fully saturated rings. The van der Waals surface area contributed by atoms with Gasteiger partial charge in [0.05, 0.1) is 22.7 Å². The third-order valence-corrected chi connectivity index (χ3v) is 4.47. The van der Waals surface area contributed by atoms with Gasteiger partial charge in [0.15, 0.2) is 11.5 Å². The van der Waals surface area contributed by atoms with E-state index in [2.05, 4.69) is 25.6 Å². The Balaban J connectivity index is 1.84. The molecule has 3 aromatic heterocycles. The molecule has 0 spiro atoms. The fraction of sp³-hybridized carbons (Fsp3) is 0.500. The first-order valence-corrected chi connectivity index (χ1v) is 8.90. The molecule has 1 atom stereocenters. The number of hydrogen-bond donors (Lipinski definition) is 1. The largest absolute Gasteiger partial charge is 0.385 e. The number of rotatable bonds is 7. The molecule has 0 bridgehead atoms. The molecule has 144 valence electrons. The third-order valence-electron chi connectivity index (χ3n) is 4.47. The van der Waals surface area contributed by atoms with E-state index in [4.69, 9.17) is 4.74 Å². The average molecular weight is 371 g/mol. The van der Waals surface area contributed by atoms with Gasteiger partial charge in [-0.1, -0.05) is 0 Å². The van der Waals surface area contributed by atoms with Gasteiger partial charge in [-0.3, -0.25) is 9.48 Å². The molecule has 3 heterocycles. The predicted molar refractivity (Wildman–Crippen MR) is 100 cm³/mol. The van der Waals surface area contributed by atoms with Crippen LogP contribution >= 0.6 is 0 Å². The Morgan fingerprint density at radius 3 is 2.89 bits per heavy atom. The predicted octanol–water partition coefficient (Wildman–Crippen LogP) is 1.70. The molecule has 0 saturated heterocycles. The van der Waals surface area contributed by atoms with Crippen LogP contribution in [0.15, 0.2) is 12.4 Å². The number of hydrogen-bond acceptors (Lipinski definition) is 6. The molecule has 0 aliphatic rings. The van der Waals surface area contributed by atoms with E-state index in [1.807, 2.05) is 32.4 Å². The summed E-state index contributed by atoms with van der Waals surface area (Å²) in [6, 6.07) is 1.51. The number of carbonyl (C=O) groups is 1. The molecule has 9 heteroatoms. The van der Waals surface area contributed by atoms with E-state index < -0.39 is 0 Å². The molecule has 0 aromatic carbocycles. The quantitative estimate of drug-likeness (QED) is 0.635. The number of amides is 1. The zero-order chi connectivity index (χ0) is 19.6. The lowest BCUT2D eigenvalue weighted by Gasteiger charge is -2.15. The van der Waals surface area contributed by atoms with E-state index in [0.29, 0.717) is 23.6 Å². The second kappa shape index (κ2) is 7.83. The van der Waals surface area contributed by atoms with Crippen molar-refractivity contribution in [1.82, 2.24) is 34.8 Å². The standard InChI is InChI=1S/C18H25N7O2/c1-11-9-14(15-12(2)23-24(4)17(15)20-11)18(26)21-13(3)16-22-19-10-25(16)7-6-8-27-5/h9-10,13H,6-8H2,1-5H3,(H,21,26)/t13-/m0/s1. The smallest absolute Gasteiger partial charge is 0.252 e. The third kappa shape index (κ3) is 3.82. The lowest BCUT2D eigenvalue weighted by Crippen LogP contribution is -2.29. The number of fused-ring (bicyclic) bond motifs is 1. The highest BCUT2D eigenvalue weighted by atomic mass is 16.5. The van der Waals surface area contributed by atoms with Crippen LogP contribution in [0, 0.1) is 13.8 Å². The number of aryl methyl sites for hydroxylation is 4. The normalized spacial score (nSPS) is 12.5. The van der Waals surface area contributed by atoms with Crippen LogP contribution in [0.1, 0.15) is 47.0 Å². The Kier molecular flexibility index (Phi) is 5.50. The summed E-state index contributed by atoms with van der Waals surface area (Å²) in [6.07, 6.45) is 2.52. The number of nitrogens with zero attached hydrogens (tertiary/aromatic N) is 6. The zero-order valence-electron chi connectivity index (χ0n) is 16.4. The molecule has 1 N–H and O–H groups in total. The molecule has 0 unspecified atom stereocenters. The molecule has 3 aromatic rings. The van der Waals surface area contributed by atoms with Crippen molar-refractivity contribution in [2.24, 2.45) is 7.05 Å². The number of nitrogens with one attached hydrogen (secondary N) is 1. The summed E-state index contributed by atoms with van der Waals surface area (Å²) in [5, 5.41) is 16.3. The Morgan fingerprint density at radius 2 is 2.15 bits per heavy atom. The summed E-state index contributed by atoms with van der Waals surface area (Å²) in [7, 11) is 3.50. The average Bonchev–Trinajstić information content (AvgIpc) is 3.19. The monoisotopic (exact) mass is 371 g/mol. The second-order valence-corrected chi connectivity index (χ2v) is 6.64. The lowest BCUT2D eigenvalue weighted by molar-refractivity contribution is 0.0939. The molecule has 3 rings (SSSR count). The van der Waals surface area contributed by atoms with Crippen molar-refractivity contribution >= 4 is 16.9 Å². The van der Waals surface area contributed by atoms with Crippen LogP contribution < -0.4 is 5.32 Å².